The molecule has 1 aromatic rings. The second kappa shape index (κ2) is 5.51. The summed E-state index contributed by atoms with van der Waals surface area (Å²) >= 11 is 2.00. The minimum Gasteiger partial charge on any atom is -0.478 e. The summed E-state index contributed by atoms with van der Waals surface area (Å²) in [5.41, 5.74) is 0.311. The van der Waals surface area contributed by atoms with E-state index in [1.165, 1.54) is 6.07 Å². The molecule has 0 saturated heterocycles. The molecule has 0 aliphatic heterocycles. The molecule has 0 aliphatic rings. The number of carbonyl (C=O) groups is 2. The first-order valence-electron chi connectivity index (χ1n) is 4.30. The number of hydrogen-bond acceptors (Lipinski definition) is 2. The van der Waals surface area contributed by atoms with Gasteiger partial charge in [-0.25, -0.2) is 4.79 Å². The van der Waals surface area contributed by atoms with Crippen molar-refractivity contribution >= 4 is 40.2 Å². The van der Waals surface area contributed by atoms with E-state index in [-0.39, 0.29) is 17.7 Å². The SMILES string of the molecule is C#CCC(=O)Nc1ccc(I)cc1C(=O)O. The molecule has 0 heterocycles. The first kappa shape index (κ1) is 12.5. The van der Waals surface area contributed by atoms with Crippen LogP contribution in [-0.4, -0.2) is 17.0 Å². The number of benzene rings is 1. The molecule has 1 amide bonds. The fraction of sp³-hybridized carbons (Fsp3) is 0.0909. The Labute approximate surface area is 106 Å². The van der Waals surface area contributed by atoms with Crippen LogP contribution in [-0.2, 0) is 4.79 Å². The quantitative estimate of drug-likeness (QED) is 0.658. The molecule has 0 fully saturated rings. The van der Waals surface area contributed by atoms with E-state index >= 15 is 0 Å². The molecular weight excluding hydrogens is 321 g/mol. The van der Waals surface area contributed by atoms with E-state index in [0.29, 0.717) is 0 Å². The Bertz CT molecular complexity index is 477. The van der Waals surface area contributed by atoms with E-state index in [9.17, 15) is 9.59 Å². The summed E-state index contributed by atoms with van der Waals surface area (Å²) in [5.74, 6) is 0.701. The van der Waals surface area contributed by atoms with Crippen LogP contribution in [0.25, 0.3) is 0 Å². The molecular formula is C11H8INO3. The molecule has 0 unspecified atom stereocenters. The lowest BCUT2D eigenvalue weighted by atomic mass is 10.2. The van der Waals surface area contributed by atoms with E-state index < -0.39 is 11.9 Å². The van der Waals surface area contributed by atoms with Gasteiger partial charge in [-0.3, -0.25) is 4.79 Å². The summed E-state index contributed by atoms with van der Waals surface area (Å²) in [6.07, 6.45) is 4.90. The van der Waals surface area contributed by atoms with Gasteiger partial charge in [0.15, 0.2) is 0 Å². The molecule has 0 spiro atoms. The largest absolute Gasteiger partial charge is 0.478 e. The zero-order valence-electron chi connectivity index (χ0n) is 8.16. The van der Waals surface area contributed by atoms with Crippen molar-refractivity contribution in [3.8, 4) is 12.3 Å². The number of carboxylic acids is 1. The Morgan fingerprint density at radius 3 is 2.75 bits per heavy atom. The zero-order valence-corrected chi connectivity index (χ0v) is 10.3. The van der Waals surface area contributed by atoms with Crippen molar-refractivity contribution < 1.29 is 14.7 Å². The Morgan fingerprint density at radius 1 is 1.50 bits per heavy atom. The number of anilines is 1. The van der Waals surface area contributed by atoms with Crippen LogP contribution < -0.4 is 5.32 Å². The number of terminal acetylenes is 1. The average molecular weight is 329 g/mol. The molecule has 5 heteroatoms. The number of amides is 1. The van der Waals surface area contributed by atoms with E-state index in [1.54, 1.807) is 12.1 Å². The smallest absolute Gasteiger partial charge is 0.337 e. The number of aromatic carboxylic acids is 1. The van der Waals surface area contributed by atoms with Crippen molar-refractivity contribution in [2.45, 2.75) is 6.42 Å². The molecule has 0 atom stereocenters. The number of hydrogen-bond donors (Lipinski definition) is 2. The highest BCUT2D eigenvalue weighted by Gasteiger charge is 2.12. The number of halogens is 1. The van der Waals surface area contributed by atoms with Gasteiger partial charge < -0.3 is 10.4 Å². The number of rotatable bonds is 3. The summed E-state index contributed by atoms with van der Waals surface area (Å²) in [6, 6.07) is 4.73. The molecule has 2 N–H and O–H groups in total. The van der Waals surface area contributed by atoms with Gasteiger partial charge in [-0.2, -0.15) is 0 Å². The van der Waals surface area contributed by atoms with Gasteiger partial charge in [0.2, 0.25) is 5.91 Å². The van der Waals surface area contributed by atoms with Crippen LogP contribution in [0.5, 0.6) is 0 Å². The van der Waals surface area contributed by atoms with Crippen molar-refractivity contribution in [1.29, 1.82) is 0 Å². The summed E-state index contributed by atoms with van der Waals surface area (Å²) in [5, 5.41) is 11.4. The van der Waals surface area contributed by atoms with Gasteiger partial charge >= 0.3 is 5.97 Å². The van der Waals surface area contributed by atoms with Gasteiger partial charge in [0.25, 0.3) is 0 Å². The van der Waals surface area contributed by atoms with E-state index in [0.717, 1.165) is 3.57 Å². The van der Waals surface area contributed by atoms with Gasteiger partial charge in [0.1, 0.15) is 0 Å². The fourth-order valence-electron chi connectivity index (χ4n) is 1.09. The van der Waals surface area contributed by atoms with Gasteiger partial charge in [0.05, 0.1) is 17.7 Å². The van der Waals surface area contributed by atoms with Crippen molar-refractivity contribution in [2.24, 2.45) is 0 Å². The molecule has 1 aromatic carbocycles. The second-order valence-corrected chi connectivity index (χ2v) is 4.17. The monoisotopic (exact) mass is 329 g/mol. The van der Waals surface area contributed by atoms with Crippen LogP contribution in [0, 0.1) is 15.9 Å². The van der Waals surface area contributed by atoms with Crippen LogP contribution >= 0.6 is 22.6 Å². The third-order valence-electron chi connectivity index (χ3n) is 1.75. The summed E-state index contributed by atoms with van der Waals surface area (Å²) in [7, 11) is 0. The Kier molecular flexibility index (Phi) is 4.31. The maximum absolute atomic E-state index is 11.2. The predicted octanol–water partition coefficient (Wildman–Crippen LogP) is 1.95. The second-order valence-electron chi connectivity index (χ2n) is 2.92. The lowest BCUT2D eigenvalue weighted by Crippen LogP contribution is -2.13. The molecule has 0 saturated carbocycles. The van der Waals surface area contributed by atoms with Gasteiger partial charge in [0, 0.05) is 3.57 Å². The highest BCUT2D eigenvalue weighted by atomic mass is 127. The third-order valence-corrected chi connectivity index (χ3v) is 2.42. The van der Waals surface area contributed by atoms with E-state index in [4.69, 9.17) is 11.5 Å². The maximum Gasteiger partial charge on any atom is 0.337 e. The molecule has 16 heavy (non-hydrogen) atoms. The van der Waals surface area contributed by atoms with Crippen LogP contribution in [0.3, 0.4) is 0 Å². The molecule has 4 nitrogen and oxygen atoms in total. The Hall–Kier alpha value is -1.55. The average Bonchev–Trinajstić information content (AvgIpc) is 2.20. The lowest BCUT2D eigenvalue weighted by Gasteiger charge is -2.07. The Balaban J connectivity index is 3.00. The van der Waals surface area contributed by atoms with Crippen LogP contribution in [0.15, 0.2) is 18.2 Å². The highest BCUT2D eigenvalue weighted by molar-refractivity contribution is 14.1. The number of carbonyl (C=O) groups excluding carboxylic acids is 1. The number of nitrogens with one attached hydrogen (secondary N) is 1. The minimum absolute atomic E-state index is 0.0530. The molecule has 0 bridgehead atoms. The van der Waals surface area contributed by atoms with Crippen molar-refractivity contribution in [3.63, 3.8) is 0 Å². The first-order valence-corrected chi connectivity index (χ1v) is 5.38. The van der Waals surface area contributed by atoms with E-state index in [2.05, 4.69) is 11.2 Å². The molecule has 82 valence electrons. The fourth-order valence-corrected chi connectivity index (χ4v) is 1.58. The van der Waals surface area contributed by atoms with Crippen molar-refractivity contribution in [2.75, 3.05) is 5.32 Å². The number of carboxylic acid groups (broad SMARTS) is 1. The highest BCUT2D eigenvalue weighted by Crippen LogP contribution is 2.19. The minimum atomic E-state index is -1.09. The van der Waals surface area contributed by atoms with Gasteiger partial charge in [-0.15, -0.1) is 6.42 Å². The summed E-state index contributed by atoms with van der Waals surface area (Å²) in [4.78, 5) is 22.1. The van der Waals surface area contributed by atoms with Crippen molar-refractivity contribution in [3.05, 3.63) is 27.3 Å². The Morgan fingerprint density at radius 2 is 2.19 bits per heavy atom. The normalized spacial score (nSPS) is 9.25. The summed E-state index contributed by atoms with van der Waals surface area (Å²) in [6.45, 7) is 0. The topological polar surface area (TPSA) is 66.4 Å². The zero-order chi connectivity index (χ0) is 12.1. The first-order chi connectivity index (χ1) is 7.54. The van der Waals surface area contributed by atoms with Crippen LogP contribution in [0.1, 0.15) is 16.8 Å². The standard InChI is InChI=1S/C11H8INO3/c1-2-3-10(14)13-9-5-4-7(12)6-8(9)11(15)16/h1,4-6H,3H2,(H,13,14)(H,15,16). The van der Waals surface area contributed by atoms with Crippen LogP contribution in [0.2, 0.25) is 0 Å². The molecule has 0 radical (unpaired) electrons. The maximum atomic E-state index is 11.2. The third kappa shape index (κ3) is 3.24. The van der Waals surface area contributed by atoms with Gasteiger partial charge in [-0.05, 0) is 40.8 Å². The van der Waals surface area contributed by atoms with Crippen LogP contribution in [0.4, 0.5) is 5.69 Å². The van der Waals surface area contributed by atoms with Crippen molar-refractivity contribution in [1.82, 2.24) is 0 Å². The van der Waals surface area contributed by atoms with E-state index in [1.807, 2.05) is 22.6 Å². The predicted molar refractivity (Wildman–Crippen MR) is 68.2 cm³/mol. The molecule has 1 rings (SSSR count). The molecule has 0 aliphatic carbocycles. The van der Waals surface area contributed by atoms with Gasteiger partial charge in [-0.1, -0.05) is 5.92 Å². The summed E-state index contributed by atoms with van der Waals surface area (Å²) < 4.78 is 0.782. The molecule has 0 aromatic heterocycles. The lowest BCUT2D eigenvalue weighted by molar-refractivity contribution is -0.115.